The molecule has 1 aliphatic heterocycles. The normalized spacial score (nSPS) is 17.3. The lowest BCUT2D eigenvalue weighted by Gasteiger charge is -2.24. The van der Waals surface area contributed by atoms with E-state index in [9.17, 15) is 9.50 Å². The van der Waals surface area contributed by atoms with Gasteiger partial charge in [0.2, 0.25) is 5.88 Å². The van der Waals surface area contributed by atoms with Crippen LogP contribution in [-0.2, 0) is 5.41 Å². The highest BCUT2D eigenvalue weighted by Crippen LogP contribution is 2.50. The summed E-state index contributed by atoms with van der Waals surface area (Å²) in [5, 5.41) is 10.5. The van der Waals surface area contributed by atoms with Crippen LogP contribution in [0.1, 0.15) is 25.0 Å². The minimum absolute atomic E-state index is 0.186. The van der Waals surface area contributed by atoms with Crippen molar-refractivity contribution in [3.8, 4) is 22.2 Å². The van der Waals surface area contributed by atoms with Gasteiger partial charge in [0.1, 0.15) is 11.1 Å². The zero-order valence-electron chi connectivity index (χ0n) is 17.0. The van der Waals surface area contributed by atoms with Gasteiger partial charge in [0.25, 0.3) is 0 Å². The highest BCUT2D eigenvalue weighted by molar-refractivity contribution is 7.22. The highest BCUT2D eigenvalue weighted by Gasteiger charge is 2.45. The molecule has 2 aromatic carbocycles. The number of hydrogen-bond acceptors (Lipinski definition) is 7. The van der Waals surface area contributed by atoms with Crippen LogP contribution in [-0.4, -0.2) is 39.9 Å². The van der Waals surface area contributed by atoms with Gasteiger partial charge < -0.3 is 14.6 Å². The van der Waals surface area contributed by atoms with Gasteiger partial charge in [-0.15, -0.1) is 11.3 Å². The fraction of sp³-hybridized carbons (Fsp3) is 0.318. The first kappa shape index (κ1) is 19.1. The third-order valence-corrected chi connectivity index (χ3v) is 6.79. The average molecular weight is 425 g/mol. The van der Waals surface area contributed by atoms with Crippen molar-refractivity contribution in [2.24, 2.45) is 0 Å². The fourth-order valence-electron chi connectivity index (χ4n) is 4.06. The number of ether oxygens (including phenoxy) is 2. The molecule has 4 aromatic rings. The molecule has 6 nitrogen and oxygen atoms in total. The highest BCUT2D eigenvalue weighted by atomic mass is 32.1. The lowest BCUT2D eigenvalue weighted by Crippen LogP contribution is -2.35. The number of methoxy groups -OCH3 is 1. The SMILES string of the molecule is COc1cnc2c(-c3nc4cc(F)c5c(c4s3)C(C)(C)[C@H](CO)O5)cc(C)cc2n1. The van der Waals surface area contributed by atoms with E-state index in [1.54, 1.807) is 13.3 Å². The molecular formula is C22H20FN3O3S. The number of halogens is 1. The van der Waals surface area contributed by atoms with E-state index in [0.29, 0.717) is 22.4 Å². The number of nitrogens with zero attached hydrogens (tertiary/aromatic N) is 3. The van der Waals surface area contributed by atoms with Crippen LogP contribution in [0.3, 0.4) is 0 Å². The molecule has 0 fully saturated rings. The lowest BCUT2D eigenvalue weighted by atomic mass is 9.81. The summed E-state index contributed by atoms with van der Waals surface area (Å²) in [6.07, 6.45) is 1.07. The molecule has 3 heterocycles. The Hall–Kier alpha value is -2.84. The Morgan fingerprint density at radius 2 is 2.03 bits per heavy atom. The number of aromatic nitrogens is 3. The lowest BCUT2D eigenvalue weighted by molar-refractivity contribution is 0.0866. The maximum atomic E-state index is 14.8. The number of aliphatic hydroxyl groups excluding tert-OH is 1. The van der Waals surface area contributed by atoms with Crippen LogP contribution in [0.2, 0.25) is 0 Å². The topological polar surface area (TPSA) is 77.4 Å². The Morgan fingerprint density at radius 3 is 2.77 bits per heavy atom. The Labute approximate surface area is 176 Å². The Bertz CT molecular complexity index is 1320. The second-order valence-electron chi connectivity index (χ2n) is 8.03. The van der Waals surface area contributed by atoms with E-state index in [-0.39, 0.29) is 12.4 Å². The summed E-state index contributed by atoms with van der Waals surface area (Å²) < 4.78 is 26.6. The van der Waals surface area contributed by atoms with Gasteiger partial charge in [-0.2, -0.15) is 0 Å². The molecule has 0 amide bonds. The summed E-state index contributed by atoms with van der Waals surface area (Å²) in [6.45, 7) is 5.71. The smallest absolute Gasteiger partial charge is 0.232 e. The number of rotatable bonds is 3. The molecule has 0 radical (unpaired) electrons. The minimum Gasteiger partial charge on any atom is -0.484 e. The third-order valence-electron chi connectivity index (χ3n) is 5.67. The van der Waals surface area contributed by atoms with Gasteiger partial charge in [-0.25, -0.2) is 19.3 Å². The first-order valence-corrected chi connectivity index (χ1v) is 10.4. The minimum atomic E-state index is -0.546. The van der Waals surface area contributed by atoms with Gasteiger partial charge in [0.15, 0.2) is 11.6 Å². The Kier molecular flexibility index (Phi) is 4.20. The van der Waals surface area contributed by atoms with Crippen LogP contribution < -0.4 is 9.47 Å². The van der Waals surface area contributed by atoms with Crippen molar-refractivity contribution in [2.45, 2.75) is 32.3 Å². The molecule has 154 valence electrons. The number of aryl methyl sites for hydroxylation is 1. The average Bonchev–Trinajstić information content (AvgIpc) is 3.24. The molecule has 1 N–H and O–H groups in total. The second kappa shape index (κ2) is 6.58. The first-order valence-electron chi connectivity index (χ1n) is 9.56. The molecule has 0 spiro atoms. The molecule has 1 aliphatic rings. The van der Waals surface area contributed by atoms with Gasteiger partial charge in [0.05, 0.1) is 41.2 Å². The monoisotopic (exact) mass is 425 g/mol. The van der Waals surface area contributed by atoms with E-state index >= 15 is 0 Å². The fourth-order valence-corrected chi connectivity index (χ4v) is 5.33. The largest absolute Gasteiger partial charge is 0.484 e. The molecular weight excluding hydrogens is 405 g/mol. The summed E-state index contributed by atoms with van der Waals surface area (Å²) in [5.74, 6) is 0.189. The van der Waals surface area contributed by atoms with Crippen molar-refractivity contribution in [1.82, 2.24) is 15.0 Å². The van der Waals surface area contributed by atoms with Gasteiger partial charge in [-0.05, 0) is 24.6 Å². The number of aliphatic hydroxyl groups is 1. The van der Waals surface area contributed by atoms with E-state index in [1.165, 1.54) is 17.4 Å². The second-order valence-corrected chi connectivity index (χ2v) is 9.03. The van der Waals surface area contributed by atoms with Crippen molar-refractivity contribution in [1.29, 1.82) is 0 Å². The number of fused-ring (bicyclic) bond motifs is 4. The van der Waals surface area contributed by atoms with E-state index in [2.05, 4.69) is 9.97 Å². The van der Waals surface area contributed by atoms with Crippen LogP contribution in [0.4, 0.5) is 4.39 Å². The maximum Gasteiger partial charge on any atom is 0.232 e. The molecule has 1 atom stereocenters. The number of hydrogen-bond donors (Lipinski definition) is 1. The molecule has 0 saturated heterocycles. The Balaban J connectivity index is 1.77. The molecule has 0 unspecified atom stereocenters. The summed E-state index contributed by atoms with van der Waals surface area (Å²) >= 11 is 1.47. The third kappa shape index (κ3) is 2.67. The summed E-state index contributed by atoms with van der Waals surface area (Å²) in [5.41, 5.74) is 4.05. The van der Waals surface area contributed by atoms with Crippen LogP contribution in [0.25, 0.3) is 31.8 Å². The number of thiazole rings is 1. The first-order chi connectivity index (χ1) is 14.3. The zero-order valence-corrected chi connectivity index (χ0v) is 17.8. The van der Waals surface area contributed by atoms with E-state index in [1.807, 2.05) is 32.9 Å². The van der Waals surface area contributed by atoms with Gasteiger partial charge in [-0.3, -0.25) is 0 Å². The maximum absolute atomic E-state index is 14.8. The predicted molar refractivity (Wildman–Crippen MR) is 114 cm³/mol. The van der Waals surface area contributed by atoms with E-state index in [4.69, 9.17) is 14.5 Å². The van der Waals surface area contributed by atoms with Crippen molar-refractivity contribution in [3.63, 3.8) is 0 Å². The number of benzene rings is 2. The quantitative estimate of drug-likeness (QED) is 0.524. The van der Waals surface area contributed by atoms with Crippen LogP contribution in [0.5, 0.6) is 11.6 Å². The van der Waals surface area contributed by atoms with Gasteiger partial charge in [0, 0.05) is 22.6 Å². The molecule has 30 heavy (non-hydrogen) atoms. The van der Waals surface area contributed by atoms with Crippen molar-refractivity contribution in [3.05, 3.63) is 41.3 Å². The van der Waals surface area contributed by atoms with Crippen molar-refractivity contribution >= 4 is 32.6 Å². The summed E-state index contributed by atoms with van der Waals surface area (Å²) in [7, 11) is 1.55. The van der Waals surface area contributed by atoms with E-state index < -0.39 is 17.3 Å². The van der Waals surface area contributed by atoms with Crippen molar-refractivity contribution < 1.29 is 19.0 Å². The van der Waals surface area contributed by atoms with Crippen molar-refractivity contribution in [2.75, 3.05) is 13.7 Å². The summed E-state index contributed by atoms with van der Waals surface area (Å²) in [6, 6.07) is 5.36. The summed E-state index contributed by atoms with van der Waals surface area (Å²) in [4.78, 5) is 13.8. The zero-order chi connectivity index (χ0) is 21.2. The molecule has 0 bridgehead atoms. The van der Waals surface area contributed by atoms with Gasteiger partial charge in [-0.1, -0.05) is 13.8 Å². The predicted octanol–water partition coefficient (Wildman–Crippen LogP) is 4.39. The molecule has 8 heteroatoms. The van der Waals surface area contributed by atoms with Gasteiger partial charge >= 0.3 is 0 Å². The molecule has 0 saturated carbocycles. The van der Waals surface area contributed by atoms with Crippen LogP contribution in [0.15, 0.2) is 24.4 Å². The van der Waals surface area contributed by atoms with E-state index in [0.717, 1.165) is 26.4 Å². The van der Waals surface area contributed by atoms with Crippen LogP contribution in [0, 0.1) is 12.7 Å². The van der Waals surface area contributed by atoms with Crippen LogP contribution >= 0.6 is 11.3 Å². The molecule has 0 aliphatic carbocycles. The Morgan fingerprint density at radius 1 is 1.23 bits per heavy atom. The standard InChI is InChI=1S/C22H20FN3O3S/c1-10-5-11(18-13(6-10)25-16(28-4)8-24-18)21-26-14-7-12(23)19-17(20(14)30-21)22(2,3)15(9-27)29-19/h5-8,15,27H,9H2,1-4H3/t15-/m0/s1. The molecule has 2 aromatic heterocycles. The molecule has 5 rings (SSSR count).